The summed E-state index contributed by atoms with van der Waals surface area (Å²) >= 11 is 0. The van der Waals surface area contributed by atoms with Gasteiger partial charge in [-0.3, -0.25) is 4.90 Å². The topological polar surface area (TPSA) is 39.3 Å². The molecule has 0 unspecified atom stereocenters. The Kier molecular flexibility index (Phi) is 3.44. The van der Waals surface area contributed by atoms with E-state index in [-0.39, 0.29) is 18.7 Å². The van der Waals surface area contributed by atoms with Crippen molar-refractivity contribution >= 4 is 10.9 Å². The molecule has 3 aromatic rings. The second-order valence-corrected chi connectivity index (χ2v) is 6.60. The summed E-state index contributed by atoms with van der Waals surface area (Å²) < 4.78 is 27.8. The van der Waals surface area contributed by atoms with Crippen LogP contribution >= 0.6 is 0 Å². The SMILES string of the molecule is Cc1cccc2[nH]c(CN3CC(O)(c4c(F)cccc4F)C3)cc12. The van der Waals surface area contributed by atoms with Crippen molar-refractivity contribution in [3.05, 3.63) is 70.9 Å². The molecule has 0 spiro atoms. The molecule has 0 bridgehead atoms. The van der Waals surface area contributed by atoms with Gasteiger partial charge in [0.2, 0.25) is 0 Å². The van der Waals surface area contributed by atoms with Crippen LogP contribution < -0.4 is 0 Å². The molecule has 1 saturated heterocycles. The van der Waals surface area contributed by atoms with E-state index in [0.717, 1.165) is 11.2 Å². The number of likely N-dealkylation sites (tertiary alicyclic amines) is 1. The molecule has 1 fully saturated rings. The van der Waals surface area contributed by atoms with Gasteiger partial charge in [-0.2, -0.15) is 0 Å². The number of halogens is 2. The molecule has 2 aromatic carbocycles. The molecule has 0 amide bonds. The lowest BCUT2D eigenvalue weighted by Gasteiger charge is -2.46. The molecule has 0 radical (unpaired) electrons. The summed E-state index contributed by atoms with van der Waals surface area (Å²) in [6.45, 7) is 3.08. The van der Waals surface area contributed by atoms with Crippen LogP contribution in [0.25, 0.3) is 10.9 Å². The zero-order valence-corrected chi connectivity index (χ0v) is 13.3. The van der Waals surface area contributed by atoms with Crippen molar-refractivity contribution in [2.45, 2.75) is 19.1 Å². The Morgan fingerprint density at radius 3 is 2.46 bits per heavy atom. The maximum absolute atomic E-state index is 13.9. The summed E-state index contributed by atoms with van der Waals surface area (Å²) in [5.41, 5.74) is 1.60. The molecule has 1 aliphatic rings. The molecule has 4 rings (SSSR count). The number of aromatic amines is 1. The fraction of sp³-hybridized carbons (Fsp3) is 0.263. The zero-order chi connectivity index (χ0) is 16.9. The van der Waals surface area contributed by atoms with Gasteiger partial charge in [0, 0.05) is 36.2 Å². The van der Waals surface area contributed by atoms with Gasteiger partial charge in [-0.05, 0) is 36.8 Å². The number of nitrogens with one attached hydrogen (secondary N) is 1. The highest BCUT2D eigenvalue weighted by Crippen LogP contribution is 2.36. The van der Waals surface area contributed by atoms with E-state index in [9.17, 15) is 13.9 Å². The van der Waals surface area contributed by atoms with Gasteiger partial charge in [0.1, 0.15) is 17.2 Å². The number of hydrogen-bond acceptors (Lipinski definition) is 2. The van der Waals surface area contributed by atoms with Crippen LogP contribution in [0.3, 0.4) is 0 Å². The lowest BCUT2D eigenvalue weighted by molar-refractivity contribution is -0.112. The number of hydrogen-bond donors (Lipinski definition) is 2. The van der Waals surface area contributed by atoms with E-state index in [1.54, 1.807) is 0 Å². The molecule has 3 nitrogen and oxygen atoms in total. The lowest BCUT2D eigenvalue weighted by Crippen LogP contribution is -2.59. The molecule has 1 aromatic heterocycles. The van der Waals surface area contributed by atoms with Crippen LogP contribution in [-0.2, 0) is 12.1 Å². The first-order chi connectivity index (χ1) is 11.5. The van der Waals surface area contributed by atoms with E-state index in [1.165, 1.54) is 29.1 Å². The van der Waals surface area contributed by atoms with E-state index in [2.05, 4.69) is 24.0 Å². The van der Waals surface area contributed by atoms with Crippen LogP contribution in [0.1, 0.15) is 16.8 Å². The molecule has 1 aliphatic heterocycles. The highest BCUT2D eigenvalue weighted by atomic mass is 19.1. The molecular formula is C19H18F2N2O. The third-order valence-corrected chi connectivity index (χ3v) is 4.73. The van der Waals surface area contributed by atoms with Crippen LogP contribution in [0, 0.1) is 18.6 Å². The average molecular weight is 328 g/mol. The van der Waals surface area contributed by atoms with Gasteiger partial charge >= 0.3 is 0 Å². The third-order valence-electron chi connectivity index (χ3n) is 4.73. The Balaban J connectivity index is 1.52. The van der Waals surface area contributed by atoms with E-state index in [4.69, 9.17) is 0 Å². The highest BCUT2D eigenvalue weighted by molar-refractivity contribution is 5.83. The minimum Gasteiger partial charge on any atom is -0.382 e. The van der Waals surface area contributed by atoms with E-state index >= 15 is 0 Å². The van der Waals surface area contributed by atoms with Gasteiger partial charge in [0.05, 0.1) is 5.56 Å². The first-order valence-corrected chi connectivity index (χ1v) is 7.93. The van der Waals surface area contributed by atoms with Gasteiger partial charge in [-0.1, -0.05) is 18.2 Å². The summed E-state index contributed by atoms with van der Waals surface area (Å²) in [6, 6.07) is 11.8. The summed E-state index contributed by atoms with van der Waals surface area (Å²) in [7, 11) is 0. The van der Waals surface area contributed by atoms with E-state index in [1.807, 2.05) is 17.0 Å². The van der Waals surface area contributed by atoms with Gasteiger partial charge in [-0.15, -0.1) is 0 Å². The summed E-state index contributed by atoms with van der Waals surface area (Å²) in [5.74, 6) is -1.39. The van der Waals surface area contributed by atoms with Crippen LogP contribution in [0.5, 0.6) is 0 Å². The zero-order valence-electron chi connectivity index (χ0n) is 13.3. The van der Waals surface area contributed by atoms with Crippen molar-refractivity contribution in [3.8, 4) is 0 Å². The predicted octanol–water partition coefficient (Wildman–Crippen LogP) is 3.46. The Morgan fingerprint density at radius 2 is 1.79 bits per heavy atom. The Hall–Kier alpha value is -2.24. The lowest BCUT2D eigenvalue weighted by atomic mass is 9.85. The number of benzene rings is 2. The summed E-state index contributed by atoms with van der Waals surface area (Å²) in [6.07, 6.45) is 0. The van der Waals surface area contributed by atoms with Gasteiger partial charge in [-0.25, -0.2) is 8.78 Å². The fourth-order valence-corrected chi connectivity index (χ4v) is 3.60. The van der Waals surface area contributed by atoms with Crippen molar-refractivity contribution in [1.82, 2.24) is 9.88 Å². The van der Waals surface area contributed by atoms with Crippen molar-refractivity contribution in [1.29, 1.82) is 0 Å². The van der Waals surface area contributed by atoms with Gasteiger partial charge < -0.3 is 10.1 Å². The average Bonchev–Trinajstić information content (AvgIpc) is 2.89. The van der Waals surface area contributed by atoms with E-state index in [0.29, 0.717) is 6.54 Å². The largest absolute Gasteiger partial charge is 0.382 e. The second kappa shape index (κ2) is 5.40. The number of fused-ring (bicyclic) bond motifs is 1. The molecule has 24 heavy (non-hydrogen) atoms. The number of rotatable bonds is 3. The number of H-pyrrole nitrogens is 1. The van der Waals surface area contributed by atoms with Crippen molar-refractivity contribution in [2.24, 2.45) is 0 Å². The number of aromatic nitrogens is 1. The smallest absolute Gasteiger partial charge is 0.132 e. The minimum absolute atomic E-state index is 0.208. The third kappa shape index (κ3) is 2.41. The molecule has 124 valence electrons. The number of nitrogens with zero attached hydrogens (tertiary/aromatic N) is 1. The molecular weight excluding hydrogens is 310 g/mol. The normalized spacial score (nSPS) is 17.2. The van der Waals surface area contributed by atoms with Crippen molar-refractivity contribution in [2.75, 3.05) is 13.1 Å². The van der Waals surface area contributed by atoms with E-state index < -0.39 is 17.2 Å². The standard InChI is InChI=1S/C19H18F2N2O/c1-12-4-2-7-17-14(12)8-13(22-17)9-23-10-19(24,11-23)18-15(20)5-3-6-16(18)21/h2-8,22,24H,9-11H2,1H3. The van der Waals surface area contributed by atoms with Crippen molar-refractivity contribution < 1.29 is 13.9 Å². The molecule has 0 aliphatic carbocycles. The Labute approximate surface area is 138 Å². The number of β-amino-alcohol motifs (C(OH)–C–C–N with tert-alkyl or cyclic N) is 1. The summed E-state index contributed by atoms with van der Waals surface area (Å²) in [5, 5.41) is 11.7. The van der Waals surface area contributed by atoms with Crippen LogP contribution in [-0.4, -0.2) is 28.1 Å². The van der Waals surface area contributed by atoms with Crippen LogP contribution in [0.2, 0.25) is 0 Å². The first-order valence-electron chi connectivity index (χ1n) is 7.93. The van der Waals surface area contributed by atoms with Crippen LogP contribution in [0.15, 0.2) is 42.5 Å². The van der Waals surface area contributed by atoms with Crippen molar-refractivity contribution in [3.63, 3.8) is 0 Å². The minimum atomic E-state index is -1.46. The maximum atomic E-state index is 13.9. The second-order valence-electron chi connectivity index (χ2n) is 6.60. The molecule has 0 atom stereocenters. The molecule has 5 heteroatoms. The number of aryl methyl sites for hydroxylation is 1. The fourth-order valence-electron chi connectivity index (χ4n) is 3.60. The summed E-state index contributed by atoms with van der Waals surface area (Å²) in [4.78, 5) is 5.32. The predicted molar refractivity (Wildman–Crippen MR) is 88.6 cm³/mol. The number of aliphatic hydroxyl groups is 1. The molecule has 2 heterocycles. The molecule has 0 saturated carbocycles. The van der Waals surface area contributed by atoms with Crippen LogP contribution in [0.4, 0.5) is 8.78 Å². The highest BCUT2D eigenvalue weighted by Gasteiger charge is 2.46. The Morgan fingerprint density at radius 1 is 1.12 bits per heavy atom. The quantitative estimate of drug-likeness (QED) is 0.773. The van der Waals surface area contributed by atoms with Gasteiger partial charge in [0.25, 0.3) is 0 Å². The maximum Gasteiger partial charge on any atom is 0.132 e. The molecule has 2 N–H and O–H groups in total. The Bertz CT molecular complexity index is 893. The monoisotopic (exact) mass is 328 g/mol. The van der Waals surface area contributed by atoms with Gasteiger partial charge in [0.15, 0.2) is 0 Å². The first kappa shape index (κ1) is 15.3.